The molecule has 1 heterocycles. The van der Waals surface area contributed by atoms with Crippen LogP contribution in [0.2, 0.25) is 0 Å². The third-order valence-corrected chi connectivity index (χ3v) is 19.9. The van der Waals surface area contributed by atoms with Crippen LogP contribution in [0.25, 0.3) is 106 Å². The number of benzene rings is 13. The molecule has 0 amide bonds. The summed E-state index contributed by atoms with van der Waals surface area (Å²) in [6, 6.07) is 110. The third-order valence-electron chi connectivity index (χ3n) is 19.9. The van der Waals surface area contributed by atoms with Crippen molar-refractivity contribution >= 4 is 61.8 Å². The Balaban J connectivity index is 0.755. The summed E-state index contributed by atoms with van der Waals surface area (Å²) in [4.78, 5) is 2.47. The fraction of sp³-hybridized carbons (Fsp3) is 0.130. The molecule has 3 heteroatoms. The van der Waals surface area contributed by atoms with E-state index in [-0.39, 0.29) is 10.8 Å². The lowest BCUT2D eigenvalue weighted by atomic mass is 9.69. The Morgan fingerprint density at radius 2 is 0.905 bits per heavy atom. The van der Waals surface area contributed by atoms with Gasteiger partial charge in [0.05, 0.1) is 17.6 Å². The van der Waals surface area contributed by atoms with Crippen LogP contribution in [0.4, 0.5) is 17.1 Å². The molecule has 3 nitrogen and oxygen atoms in total. The van der Waals surface area contributed by atoms with Crippen molar-refractivity contribution in [3.8, 4) is 67.1 Å². The van der Waals surface area contributed by atoms with E-state index in [0.29, 0.717) is 12.5 Å². The van der Waals surface area contributed by atoms with E-state index in [9.17, 15) is 0 Å². The van der Waals surface area contributed by atoms with Gasteiger partial charge in [-0.15, -0.1) is 0 Å². The minimum atomic E-state index is -0.374. The monoisotopic (exact) mass is 1230 g/mol. The van der Waals surface area contributed by atoms with Gasteiger partial charge in [-0.1, -0.05) is 272 Å². The van der Waals surface area contributed by atoms with Gasteiger partial charge >= 0.3 is 0 Å². The minimum Gasteiger partial charge on any atom is -0.493 e. The number of para-hydroxylation sites is 1. The quantitative estimate of drug-likeness (QED) is 0.0751. The Bertz CT molecular complexity index is 5110. The second kappa shape index (κ2) is 25.5. The van der Waals surface area contributed by atoms with Crippen LogP contribution in [0, 0.1) is 5.92 Å². The molecule has 0 saturated carbocycles. The first-order valence-electron chi connectivity index (χ1n) is 33.7. The molecule has 0 N–H and O–H groups in total. The molecule has 14 aromatic rings. The molecule has 1 aromatic heterocycles. The molecular weight excluding hydrogens is 1150 g/mol. The number of hydrogen-bond donors (Lipinski definition) is 0. The van der Waals surface area contributed by atoms with Crippen molar-refractivity contribution in [1.82, 2.24) is 4.57 Å². The number of fused-ring (bicyclic) bond motifs is 7. The van der Waals surface area contributed by atoms with Crippen molar-refractivity contribution in [2.75, 3.05) is 11.5 Å². The lowest BCUT2D eigenvalue weighted by Gasteiger charge is -2.34. The topological polar surface area (TPSA) is 17.4 Å². The van der Waals surface area contributed by atoms with Crippen molar-refractivity contribution in [1.29, 1.82) is 0 Å². The van der Waals surface area contributed by atoms with E-state index >= 15 is 0 Å². The van der Waals surface area contributed by atoms with Crippen LogP contribution in [0.5, 0.6) is 5.75 Å². The lowest BCUT2D eigenvalue weighted by molar-refractivity contribution is 0.248. The number of nitrogens with zero attached hydrogens (tertiary/aromatic N) is 2. The molecule has 0 aliphatic heterocycles. The summed E-state index contributed by atoms with van der Waals surface area (Å²) < 4.78 is 8.96. The molecule has 95 heavy (non-hydrogen) atoms. The maximum Gasteiger partial charge on any atom is 0.119 e. The highest BCUT2D eigenvalue weighted by molar-refractivity contribution is 6.12. The Morgan fingerprint density at radius 1 is 0.432 bits per heavy atom. The van der Waals surface area contributed by atoms with Gasteiger partial charge < -0.3 is 14.2 Å². The van der Waals surface area contributed by atoms with Gasteiger partial charge in [-0.2, -0.15) is 0 Å². The number of aromatic nitrogens is 1. The van der Waals surface area contributed by atoms with Crippen LogP contribution in [0.15, 0.2) is 310 Å². The minimum absolute atomic E-state index is 0.0770. The van der Waals surface area contributed by atoms with Crippen LogP contribution >= 0.6 is 0 Å². The standard InChI is InChI=1S/C92H78N2O/c1-7-64-26-30-68(31-27-64)71-34-35-73-58-82(52-42-72(73)57-71)95-62-63(3)19-17-18-56-92(77-20-11-9-12-21-77)87-25-16-15-24-83(87)84-53-51-81(61-88(84)92)93(79-47-38-67(39-48-79)66-36-45-76(46-37-66)91(4,5)6)80-49-40-70(41-50-80)75-44-55-90-86(60-75)85-59-74(69-32-28-65(8-2)29-33-69)43-54-89(85)94(90)78-22-13-10-14-23-78/h7-16,20-55,57-61,63H,1-2,17-19,56,62H2,3-6H3. The Morgan fingerprint density at radius 3 is 1.49 bits per heavy atom. The van der Waals surface area contributed by atoms with Crippen LogP contribution < -0.4 is 9.64 Å². The summed E-state index contributed by atoms with van der Waals surface area (Å²) in [5.41, 5.74) is 26.2. The second-order valence-corrected chi connectivity index (χ2v) is 27.0. The molecule has 0 saturated heterocycles. The van der Waals surface area contributed by atoms with Gasteiger partial charge in [0.15, 0.2) is 0 Å². The number of unbranched alkanes of at least 4 members (excludes halogenated alkanes) is 1. The summed E-state index contributed by atoms with van der Waals surface area (Å²) in [6.07, 6.45) is 7.96. The molecule has 2 unspecified atom stereocenters. The van der Waals surface area contributed by atoms with Crippen molar-refractivity contribution in [3.63, 3.8) is 0 Å². The maximum absolute atomic E-state index is 6.56. The normalized spacial score (nSPS) is 13.8. The van der Waals surface area contributed by atoms with Gasteiger partial charge in [0.25, 0.3) is 0 Å². The molecule has 2 atom stereocenters. The zero-order valence-corrected chi connectivity index (χ0v) is 54.8. The molecule has 0 spiro atoms. The van der Waals surface area contributed by atoms with Gasteiger partial charge in [-0.25, -0.2) is 0 Å². The average Bonchev–Trinajstić information content (AvgIpc) is 1.56. The zero-order chi connectivity index (χ0) is 64.6. The Hall–Kier alpha value is -11.0. The first-order chi connectivity index (χ1) is 46.5. The highest BCUT2D eigenvalue weighted by Crippen LogP contribution is 2.57. The summed E-state index contributed by atoms with van der Waals surface area (Å²) in [7, 11) is 0. The fourth-order valence-electron chi connectivity index (χ4n) is 14.7. The Labute approximate surface area is 560 Å². The molecule has 1 aliphatic rings. The van der Waals surface area contributed by atoms with Gasteiger partial charge in [0.1, 0.15) is 5.75 Å². The van der Waals surface area contributed by atoms with E-state index < -0.39 is 0 Å². The number of rotatable bonds is 19. The number of hydrogen-bond acceptors (Lipinski definition) is 2. The summed E-state index contributed by atoms with van der Waals surface area (Å²) in [5, 5.41) is 4.82. The summed E-state index contributed by atoms with van der Waals surface area (Å²) in [5.74, 6) is 1.30. The molecule has 0 bridgehead atoms. The summed E-state index contributed by atoms with van der Waals surface area (Å²) in [6.45, 7) is 17.7. The maximum atomic E-state index is 6.56. The van der Waals surface area contributed by atoms with Gasteiger partial charge in [0, 0.05) is 38.9 Å². The predicted molar refractivity (Wildman–Crippen MR) is 405 cm³/mol. The predicted octanol–water partition coefficient (Wildman–Crippen LogP) is 25.2. The van der Waals surface area contributed by atoms with E-state index in [2.05, 4.69) is 348 Å². The highest BCUT2D eigenvalue weighted by Gasteiger charge is 2.44. The third kappa shape index (κ3) is 11.7. The van der Waals surface area contributed by atoms with Crippen molar-refractivity contribution < 1.29 is 4.74 Å². The molecule has 462 valence electrons. The number of ether oxygens (including phenoxy) is 1. The lowest BCUT2D eigenvalue weighted by Crippen LogP contribution is -2.27. The van der Waals surface area contributed by atoms with Crippen molar-refractivity contribution in [2.45, 2.75) is 64.2 Å². The van der Waals surface area contributed by atoms with E-state index in [1.165, 1.54) is 105 Å². The number of anilines is 3. The van der Waals surface area contributed by atoms with E-state index in [4.69, 9.17) is 4.74 Å². The fourth-order valence-corrected chi connectivity index (χ4v) is 14.7. The van der Waals surface area contributed by atoms with Crippen molar-refractivity contribution in [3.05, 3.63) is 344 Å². The van der Waals surface area contributed by atoms with Gasteiger partial charge in [0.2, 0.25) is 0 Å². The van der Waals surface area contributed by atoms with Crippen LogP contribution in [-0.2, 0) is 10.8 Å². The van der Waals surface area contributed by atoms with E-state index in [1.807, 2.05) is 12.2 Å². The van der Waals surface area contributed by atoms with Gasteiger partial charge in [-0.05, 0) is 215 Å². The molecule has 0 radical (unpaired) electrons. The highest BCUT2D eigenvalue weighted by atomic mass is 16.5. The molecule has 15 rings (SSSR count). The molecular formula is C92H78N2O. The largest absolute Gasteiger partial charge is 0.493 e. The molecule has 1 aliphatic carbocycles. The van der Waals surface area contributed by atoms with Gasteiger partial charge in [-0.3, -0.25) is 0 Å². The van der Waals surface area contributed by atoms with Crippen molar-refractivity contribution in [2.24, 2.45) is 5.92 Å². The Kier molecular flexibility index (Phi) is 16.2. The summed E-state index contributed by atoms with van der Waals surface area (Å²) >= 11 is 0. The molecule has 13 aromatic carbocycles. The van der Waals surface area contributed by atoms with Crippen LogP contribution in [0.1, 0.15) is 86.8 Å². The molecule has 0 fully saturated rings. The smallest absolute Gasteiger partial charge is 0.119 e. The SMILES string of the molecule is C=Cc1ccc(-c2ccc3cc(OCC(C)CCCCC4(c5ccccc5)c5ccccc5-c5ccc(N(c6ccc(-c7ccc(C(C)(C)C)cc7)cc6)c6ccc(-c7ccc8c(c7)c7cc(-c9ccc(C=C)cc9)ccc7n8-c7ccccc7)cc6)cc54)ccc3c2)cc1. The van der Waals surface area contributed by atoms with Crippen LogP contribution in [-0.4, -0.2) is 11.2 Å². The first-order valence-corrected chi connectivity index (χ1v) is 33.7. The zero-order valence-electron chi connectivity index (χ0n) is 54.8. The second-order valence-electron chi connectivity index (χ2n) is 27.0. The average molecular weight is 1230 g/mol. The van der Waals surface area contributed by atoms with E-state index in [1.54, 1.807) is 0 Å². The first kappa shape index (κ1) is 60.3. The van der Waals surface area contributed by atoms with E-state index in [0.717, 1.165) is 70.9 Å². The van der Waals surface area contributed by atoms with Crippen LogP contribution in [0.3, 0.4) is 0 Å².